The normalized spacial score (nSPS) is 18.5. The molecule has 0 fully saturated rings. The first-order valence-corrected chi connectivity index (χ1v) is 8.61. The highest BCUT2D eigenvalue weighted by molar-refractivity contribution is 6.09. The number of anilines is 2. The number of hydrogen-bond acceptors (Lipinski definition) is 4. The SMILES string of the molecule is Cc1c(C(=O)Nc2ccc3c(c2)NC(=O)[C@@H](C)O3)[nH]c2c1C(=O)CCC2. The molecule has 3 N–H and O–H groups in total. The lowest BCUT2D eigenvalue weighted by Crippen LogP contribution is -2.34. The van der Waals surface area contributed by atoms with Crippen LogP contribution >= 0.6 is 0 Å². The molecule has 2 aromatic rings. The lowest BCUT2D eigenvalue weighted by Gasteiger charge is -2.23. The Balaban J connectivity index is 1.59. The monoisotopic (exact) mass is 353 g/mol. The van der Waals surface area contributed by atoms with Crippen LogP contribution in [0.3, 0.4) is 0 Å². The first-order valence-electron chi connectivity index (χ1n) is 8.61. The van der Waals surface area contributed by atoms with Crippen LogP contribution in [0.15, 0.2) is 18.2 Å². The van der Waals surface area contributed by atoms with E-state index in [-0.39, 0.29) is 17.6 Å². The molecule has 1 aromatic carbocycles. The molecule has 26 heavy (non-hydrogen) atoms. The summed E-state index contributed by atoms with van der Waals surface area (Å²) in [4.78, 5) is 39.6. The molecular formula is C19H19N3O4. The van der Waals surface area contributed by atoms with Gasteiger partial charge in [0.15, 0.2) is 11.9 Å². The number of carbonyl (C=O) groups excluding carboxylic acids is 3. The number of aromatic amines is 1. The van der Waals surface area contributed by atoms with E-state index in [0.29, 0.717) is 40.4 Å². The highest BCUT2D eigenvalue weighted by Crippen LogP contribution is 2.33. The molecule has 0 bridgehead atoms. The molecule has 0 saturated carbocycles. The van der Waals surface area contributed by atoms with Gasteiger partial charge in [-0.2, -0.15) is 0 Å². The summed E-state index contributed by atoms with van der Waals surface area (Å²) < 4.78 is 5.51. The standard InChI is InChI=1S/C19H19N3O4/c1-9-16-12(4-3-5-14(16)23)21-17(9)19(25)20-11-6-7-15-13(8-11)22-18(24)10(2)26-15/h6-8,10,21H,3-5H2,1-2H3,(H,20,25)(H,22,24)/t10-/m1/s1. The van der Waals surface area contributed by atoms with Gasteiger partial charge in [-0.15, -0.1) is 0 Å². The Bertz CT molecular complexity index is 945. The van der Waals surface area contributed by atoms with Crippen LogP contribution in [0.1, 0.15) is 51.9 Å². The first kappa shape index (κ1) is 16.4. The average molecular weight is 353 g/mol. The molecule has 0 unspecified atom stereocenters. The highest BCUT2D eigenvalue weighted by atomic mass is 16.5. The molecule has 1 aliphatic heterocycles. The number of nitrogens with one attached hydrogen (secondary N) is 3. The summed E-state index contributed by atoms with van der Waals surface area (Å²) in [5.41, 5.74) is 3.63. The molecule has 134 valence electrons. The maximum Gasteiger partial charge on any atom is 0.272 e. The number of hydrogen-bond donors (Lipinski definition) is 3. The summed E-state index contributed by atoms with van der Waals surface area (Å²) in [7, 11) is 0. The lowest BCUT2D eigenvalue weighted by molar-refractivity contribution is -0.122. The van der Waals surface area contributed by atoms with Crippen molar-refractivity contribution < 1.29 is 19.1 Å². The van der Waals surface area contributed by atoms with Crippen LogP contribution in [0, 0.1) is 6.92 Å². The van der Waals surface area contributed by atoms with Crippen molar-refractivity contribution in [1.29, 1.82) is 0 Å². The topological polar surface area (TPSA) is 100 Å². The molecule has 2 heterocycles. The van der Waals surface area contributed by atoms with Gasteiger partial charge >= 0.3 is 0 Å². The zero-order valence-corrected chi connectivity index (χ0v) is 14.6. The molecule has 4 rings (SSSR count). The fraction of sp³-hybridized carbons (Fsp3) is 0.316. The summed E-state index contributed by atoms with van der Waals surface area (Å²) in [6.07, 6.45) is 1.55. The highest BCUT2D eigenvalue weighted by Gasteiger charge is 2.27. The van der Waals surface area contributed by atoms with Crippen molar-refractivity contribution in [3.63, 3.8) is 0 Å². The molecule has 7 heteroatoms. The van der Waals surface area contributed by atoms with Crippen LogP contribution < -0.4 is 15.4 Å². The quantitative estimate of drug-likeness (QED) is 0.773. The molecule has 7 nitrogen and oxygen atoms in total. The number of aromatic nitrogens is 1. The maximum absolute atomic E-state index is 12.7. The number of fused-ring (bicyclic) bond motifs is 2. The third kappa shape index (κ3) is 2.65. The Morgan fingerprint density at radius 3 is 2.85 bits per heavy atom. The summed E-state index contributed by atoms with van der Waals surface area (Å²) in [6.45, 7) is 3.46. The van der Waals surface area contributed by atoms with E-state index in [4.69, 9.17) is 4.74 Å². The van der Waals surface area contributed by atoms with Crippen molar-refractivity contribution in [1.82, 2.24) is 4.98 Å². The van der Waals surface area contributed by atoms with Gasteiger partial charge in [0, 0.05) is 23.4 Å². The molecule has 2 aliphatic rings. The zero-order chi connectivity index (χ0) is 18.4. The molecular weight excluding hydrogens is 334 g/mol. The summed E-state index contributed by atoms with van der Waals surface area (Å²) in [5.74, 6) is 0.0995. The second-order valence-corrected chi connectivity index (χ2v) is 6.67. The molecule has 0 saturated heterocycles. The van der Waals surface area contributed by atoms with Crippen LogP contribution in [0.2, 0.25) is 0 Å². The van der Waals surface area contributed by atoms with Crippen molar-refractivity contribution >= 4 is 29.0 Å². The second-order valence-electron chi connectivity index (χ2n) is 6.67. The van der Waals surface area contributed by atoms with Gasteiger partial charge in [-0.3, -0.25) is 14.4 Å². The summed E-state index contributed by atoms with van der Waals surface area (Å²) in [6, 6.07) is 5.07. The summed E-state index contributed by atoms with van der Waals surface area (Å²) in [5, 5.41) is 5.56. The minimum absolute atomic E-state index is 0.0850. The minimum Gasteiger partial charge on any atom is -0.479 e. The van der Waals surface area contributed by atoms with Gasteiger partial charge in [-0.05, 0) is 50.5 Å². The molecule has 0 spiro atoms. The molecule has 1 aliphatic carbocycles. The van der Waals surface area contributed by atoms with Crippen LogP contribution in [-0.2, 0) is 11.2 Å². The second kappa shape index (κ2) is 6.01. The van der Waals surface area contributed by atoms with Crippen LogP contribution in [0.5, 0.6) is 5.75 Å². The third-order valence-corrected chi connectivity index (χ3v) is 4.83. The Morgan fingerprint density at radius 2 is 2.08 bits per heavy atom. The molecule has 0 radical (unpaired) electrons. The number of amides is 2. The fourth-order valence-corrected chi connectivity index (χ4v) is 3.48. The first-order chi connectivity index (χ1) is 12.4. The van der Waals surface area contributed by atoms with E-state index in [1.165, 1.54) is 0 Å². The fourth-order valence-electron chi connectivity index (χ4n) is 3.48. The maximum atomic E-state index is 12.7. The Hall–Kier alpha value is -3.09. The molecule has 1 aromatic heterocycles. The van der Waals surface area contributed by atoms with Gasteiger partial charge in [-0.1, -0.05) is 0 Å². The van der Waals surface area contributed by atoms with Crippen molar-refractivity contribution in [2.45, 2.75) is 39.2 Å². The average Bonchev–Trinajstić information content (AvgIpc) is 2.94. The third-order valence-electron chi connectivity index (χ3n) is 4.83. The number of rotatable bonds is 2. The largest absolute Gasteiger partial charge is 0.479 e. The lowest BCUT2D eigenvalue weighted by atomic mass is 9.94. The number of H-pyrrole nitrogens is 1. The predicted octanol–water partition coefficient (Wildman–Crippen LogP) is 2.81. The number of aryl methyl sites for hydroxylation is 1. The number of ketones is 1. The number of ether oxygens (including phenoxy) is 1. The minimum atomic E-state index is -0.548. The van der Waals surface area contributed by atoms with E-state index in [1.807, 2.05) is 0 Å². The predicted molar refractivity (Wildman–Crippen MR) is 95.9 cm³/mol. The van der Waals surface area contributed by atoms with Gasteiger partial charge < -0.3 is 20.4 Å². The smallest absolute Gasteiger partial charge is 0.272 e. The Morgan fingerprint density at radius 1 is 1.27 bits per heavy atom. The van der Waals surface area contributed by atoms with E-state index in [9.17, 15) is 14.4 Å². The zero-order valence-electron chi connectivity index (χ0n) is 14.6. The Labute approximate surface area is 150 Å². The van der Waals surface area contributed by atoms with Gasteiger partial charge in [0.2, 0.25) is 0 Å². The number of carbonyl (C=O) groups is 3. The van der Waals surface area contributed by atoms with E-state index in [1.54, 1.807) is 32.0 Å². The number of Topliss-reactive ketones (excluding diaryl/α,β-unsaturated/α-hetero) is 1. The van der Waals surface area contributed by atoms with E-state index in [2.05, 4.69) is 15.6 Å². The van der Waals surface area contributed by atoms with Gasteiger partial charge in [-0.25, -0.2) is 0 Å². The van der Waals surface area contributed by atoms with Crippen molar-refractivity contribution in [2.75, 3.05) is 10.6 Å². The molecule has 2 amide bonds. The summed E-state index contributed by atoms with van der Waals surface area (Å²) >= 11 is 0. The van der Waals surface area contributed by atoms with Crippen LogP contribution in [0.25, 0.3) is 0 Å². The molecule has 1 atom stereocenters. The Kier molecular flexibility index (Phi) is 3.79. The van der Waals surface area contributed by atoms with E-state index >= 15 is 0 Å². The van der Waals surface area contributed by atoms with Crippen molar-refractivity contribution in [3.05, 3.63) is 40.7 Å². The van der Waals surface area contributed by atoms with Gasteiger partial charge in [0.05, 0.1) is 5.69 Å². The number of benzene rings is 1. The van der Waals surface area contributed by atoms with Crippen molar-refractivity contribution in [3.8, 4) is 5.75 Å². The van der Waals surface area contributed by atoms with Crippen LogP contribution in [-0.4, -0.2) is 28.7 Å². The van der Waals surface area contributed by atoms with Crippen molar-refractivity contribution in [2.24, 2.45) is 0 Å². The van der Waals surface area contributed by atoms with E-state index < -0.39 is 6.10 Å². The van der Waals surface area contributed by atoms with Crippen LogP contribution in [0.4, 0.5) is 11.4 Å². The van der Waals surface area contributed by atoms with Gasteiger partial charge in [0.1, 0.15) is 11.4 Å². The van der Waals surface area contributed by atoms with Gasteiger partial charge in [0.25, 0.3) is 11.8 Å². The van der Waals surface area contributed by atoms with E-state index in [0.717, 1.165) is 18.5 Å².